The number of aliphatic hydroxyl groups excluding tert-OH is 4. The first-order chi connectivity index (χ1) is 15.8. The molecule has 33 heavy (non-hydrogen) atoms. The summed E-state index contributed by atoms with van der Waals surface area (Å²) in [6, 6.07) is 7.00. The van der Waals surface area contributed by atoms with E-state index in [1.807, 2.05) is 6.07 Å². The summed E-state index contributed by atoms with van der Waals surface area (Å²) < 4.78 is 11.2. The Bertz CT molecular complexity index is 988. The van der Waals surface area contributed by atoms with Gasteiger partial charge in [-0.25, -0.2) is 0 Å². The second-order valence-electron chi connectivity index (χ2n) is 8.59. The summed E-state index contributed by atoms with van der Waals surface area (Å²) in [5.74, 6) is 0.174. The fourth-order valence-corrected chi connectivity index (χ4v) is 4.06. The number of rotatable bonds is 11. The first-order valence-corrected chi connectivity index (χ1v) is 11.4. The third-order valence-electron chi connectivity index (χ3n) is 5.98. The third kappa shape index (κ3) is 6.18. The lowest BCUT2D eigenvalue weighted by Gasteiger charge is -2.39. The van der Waals surface area contributed by atoms with Crippen molar-refractivity contribution in [2.24, 2.45) is 0 Å². The molecule has 5 N–H and O–H groups in total. The minimum absolute atomic E-state index is 0.0189. The lowest BCUT2D eigenvalue weighted by atomic mass is 9.99. The molecule has 5 atom stereocenters. The molecule has 3 rings (SSSR count). The number of pyridine rings is 1. The van der Waals surface area contributed by atoms with Gasteiger partial charge in [-0.2, -0.15) is 0 Å². The molecule has 0 unspecified atom stereocenters. The molecule has 0 bridgehead atoms. The molecule has 1 aromatic heterocycles. The number of aromatic nitrogens is 1. The second-order valence-corrected chi connectivity index (χ2v) is 8.59. The summed E-state index contributed by atoms with van der Waals surface area (Å²) in [5.41, 5.74) is 0.817. The van der Waals surface area contributed by atoms with Crippen LogP contribution in [0, 0.1) is 0 Å². The van der Waals surface area contributed by atoms with Crippen LogP contribution in [0.4, 0.5) is 0 Å². The number of carbonyl (C=O) groups excluding carboxylic acids is 1. The van der Waals surface area contributed by atoms with Gasteiger partial charge in [0.2, 0.25) is 11.7 Å². The van der Waals surface area contributed by atoms with Gasteiger partial charge >= 0.3 is 0 Å². The van der Waals surface area contributed by atoms with Gasteiger partial charge in [-0.15, -0.1) is 0 Å². The molecule has 9 heteroatoms. The van der Waals surface area contributed by atoms with Crippen molar-refractivity contribution in [3.8, 4) is 5.75 Å². The maximum Gasteiger partial charge on any atom is 0.231 e. The highest BCUT2D eigenvalue weighted by molar-refractivity contribution is 5.80. The molecular weight excluding hydrogens is 430 g/mol. The lowest BCUT2D eigenvalue weighted by molar-refractivity contribution is -0.277. The number of Topliss-reactive ketones (excluding diaryl/α,β-unsaturated/α-hetero) is 1. The molecule has 1 aromatic carbocycles. The van der Waals surface area contributed by atoms with E-state index in [1.165, 1.54) is 0 Å². The van der Waals surface area contributed by atoms with Gasteiger partial charge in [-0.05, 0) is 38.3 Å². The molecule has 0 spiro atoms. The van der Waals surface area contributed by atoms with Crippen LogP contribution in [0.15, 0.2) is 29.1 Å². The molecule has 0 amide bonds. The molecule has 1 fully saturated rings. The Balaban J connectivity index is 1.77. The Kier molecular flexibility index (Phi) is 8.99. The average Bonchev–Trinajstić information content (AvgIpc) is 2.80. The molecular formula is C24H33NO8. The number of aryl methyl sites for hydroxylation is 1. The van der Waals surface area contributed by atoms with Crippen molar-refractivity contribution in [3.05, 3.63) is 40.2 Å². The zero-order valence-electron chi connectivity index (χ0n) is 18.8. The van der Waals surface area contributed by atoms with Crippen LogP contribution in [0.25, 0.3) is 10.9 Å². The monoisotopic (exact) mass is 463 g/mol. The SMILES string of the molecule is CC(=O)CCCCCCCc1[nH]c2ccccc2c(=O)c1O[C@@H]1O[C@H](CO)[C@@H](O)[C@H](O)[C@H]1O. The van der Waals surface area contributed by atoms with Crippen molar-refractivity contribution in [3.63, 3.8) is 0 Å². The molecule has 182 valence electrons. The average molecular weight is 464 g/mol. The largest absolute Gasteiger partial charge is 0.456 e. The molecule has 1 aliphatic heterocycles. The number of carbonyl (C=O) groups is 1. The van der Waals surface area contributed by atoms with Crippen LogP contribution < -0.4 is 10.2 Å². The minimum atomic E-state index is -1.61. The molecule has 0 aliphatic carbocycles. The van der Waals surface area contributed by atoms with E-state index in [1.54, 1.807) is 25.1 Å². The zero-order chi connectivity index (χ0) is 24.0. The van der Waals surface area contributed by atoms with Gasteiger partial charge in [0.15, 0.2) is 5.75 Å². The maximum atomic E-state index is 13.2. The van der Waals surface area contributed by atoms with Crippen LogP contribution >= 0.6 is 0 Å². The Hall–Kier alpha value is -2.30. The number of hydrogen-bond donors (Lipinski definition) is 5. The van der Waals surface area contributed by atoms with Gasteiger partial charge in [0, 0.05) is 17.3 Å². The van der Waals surface area contributed by atoms with E-state index in [2.05, 4.69) is 4.98 Å². The van der Waals surface area contributed by atoms with Gasteiger partial charge in [-0.1, -0.05) is 31.4 Å². The van der Waals surface area contributed by atoms with Crippen LogP contribution in [-0.2, 0) is 16.0 Å². The van der Waals surface area contributed by atoms with E-state index < -0.39 is 37.3 Å². The first-order valence-electron chi connectivity index (χ1n) is 11.4. The summed E-state index contributed by atoms with van der Waals surface area (Å²) in [4.78, 5) is 27.5. The lowest BCUT2D eigenvalue weighted by Crippen LogP contribution is -2.60. The number of aromatic amines is 1. The van der Waals surface area contributed by atoms with Crippen molar-refractivity contribution in [2.45, 2.75) is 82.6 Å². The van der Waals surface area contributed by atoms with Crippen molar-refractivity contribution in [2.75, 3.05) is 6.61 Å². The van der Waals surface area contributed by atoms with Crippen LogP contribution in [0.3, 0.4) is 0 Å². The number of ether oxygens (including phenoxy) is 2. The molecule has 2 aromatic rings. The van der Waals surface area contributed by atoms with E-state index in [9.17, 15) is 30.0 Å². The predicted molar refractivity (Wildman–Crippen MR) is 121 cm³/mol. The number of H-pyrrole nitrogens is 1. The smallest absolute Gasteiger partial charge is 0.231 e. The summed E-state index contributed by atoms with van der Waals surface area (Å²) >= 11 is 0. The Morgan fingerprint density at radius 3 is 2.45 bits per heavy atom. The van der Waals surface area contributed by atoms with Crippen molar-refractivity contribution in [1.29, 1.82) is 0 Å². The van der Waals surface area contributed by atoms with Gasteiger partial charge in [0.05, 0.1) is 12.3 Å². The fraction of sp³-hybridized carbons (Fsp3) is 0.583. The van der Waals surface area contributed by atoms with E-state index in [-0.39, 0.29) is 17.0 Å². The normalized spacial score (nSPS) is 25.3. The fourth-order valence-electron chi connectivity index (χ4n) is 4.06. The topological polar surface area (TPSA) is 149 Å². The number of unbranched alkanes of at least 4 members (excludes halogenated alkanes) is 4. The molecule has 9 nitrogen and oxygen atoms in total. The number of aliphatic hydroxyl groups is 4. The number of ketones is 1. The maximum absolute atomic E-state index is 13.2. The van der Waals surface area contributed by atoms with Crippen LogP contribution in [0.5, 0.6) is 5.75 Å². The number of nitrogens with one attached hydrogen (secondary N) is 1. The number of fused-ring (bicyclic) bond motifs is 1. The molecule has 2 heterocycles. The highest BCUT2D eigenvalue weighted by atomic mass is 16.7. The Morgan fingerprint density at radius 1 is 1.03 bits per heavy atom. The zero-order valence-corrected chi connectivity index (χ0v) is 18.8. The standard InChI is InChI=1S/C24H33NO8/c1-14(27)9-5-3-2-4-6-12-17-23(19(28)15-10-7-8-11-16(15)25-17)33-24-22(31)21(30)20(29)18(13-26)32-24/h7-8,10-11,18,20-22,24,26,29-31H,2-6,9,12-13H2,1H3,(H,25,28)/t18-,20-,21+,22-,24+/m1/s1. The number of para-hydroxylation sites is 1. The minimum Gasteiger partial charge on any atom is -0.456 e. The summed E-state index contributed by atoms with van der Waals surface area (Å²) in [5, 5.41) is 40.2. The van der Waals surface area contributed by atoms with Gasteiger partial charge < -0.3 is 39.7 Å². The Morgan fingerprint density at radius 2 is 1.73 bits per heavy atom. The van der Waals surface area contributed by atoms with E-state index in [0.717, 1.165) is 32.1 Å². The highest BCUT2D eigenvalue weighted by Crippen LogP contribution is 2.26. The van der Waals surface area contributed by atoms with Crippen LogP contribution in [0.1, 0.15) is 51.1 Å². The molecule has 0 radical (unpaired) electrons. The number of benzene rings is 1. The summed E-state index contributed by atoms with van der Waals surface area (Å²) in [6.45, 7) is 1.00. The van der Waals surface area contributed by atoms with Crippen LogP contribution in [-0.4, -0.2) is 68.5 Å². The van der Waals surface area contributed by atoms with Crippen LogP contribution in [0.2, 0.25) is 0 Å². The second kappa shape index (κ2) is 11.7. The molecule has 0 saturated carbocycles. The molecule has 1 aliphatic rings. The van der Waals surface area contributed by atoms with E-state index in [0.29, 0.717) is 29.4 Å². The van der Waals surface area contributed by atoms with E-state index >= 15 is 0 Å². The number of hydrogen-bond acceptors (Lipinski definition) is 8. The van der Waals surface area contributed by atoms with Crippen molar-refractivity contribution in [1.82, 2.24) is 4.98 Å². The van der Waals surface area contributed by atoms with Crippen molar-refractivity contribution >= 4 is 16.7 Å². The third-order valence-corrected chi connectivity index (χ3v) is 5.98. The van der Waals surface area contributed by atoms with Crippen molar-refractivity contribution < 1.29 is 34.7 Å². The first kappa shape index (κ1) is 25.3. The predicted octanol–water partition coefficient (Wildman–Crippen LogP) is 1.18. The van der Waals surface area contributed by atoms with Gasteiger partial charge in [0.25, 0.3) is 0 Å². The molecule has 1 saturated heterocycles. The van der Waals surface area contributed by atoms with Gasteiger partial charge in [0.1, 0.15) is 30.2 Å². The summed E-state index contributed by atoms with van der Waals surface area (Å²) in [7, 11) is 0. The highest BCUT2D eigenvalue weighted by Gasteiger charge is 2.45. The quantitative estimate of drug-likeness (QED) is 0.312. The van der Waals surface area contributed by atoms with E-state index in [4.69, 9.17) is 9.47 Å². The Labute approximate surface area is 192 Å². The summed E-state index contributed by atoms with van der Waals surface area (Å²) in [6.07, 6.45) is -1.70. The van der Waals surface area contributed by atoms with Gasteiger partial charge in [-0.3, -0.25) is 4.79 Å².